The fourth-order valence-electron chi connectivity index (χ4n) is 1.97. The molecule has 0 spiro atoms. The van der Waals surface area contributed by atoms with Crippen molar-refractivity contribution in [3.63, 3.8) is 0 Å². The van der Waals surface area contributed by atoms with E-state index in [0.29, 0.717) is 18.1 Å². The third-order valence-electron chi connectivity index (χ3n) is 2.88. The number of anilines is 1. The molecular weight excluding hydrogens is 278 g/mol. The number of hydrogen-bond donors (Lipinski definition) is 1. The van der Waals surface area contributed by atoms with Crippen molar-refractivity contribution in [2.75, 3.05) is 11.9 Å². The first kappa shape index (κ1) is 14.4. The van der Waals surface area contributed by atoms with Gasteiger partial charge in [0, 0.05) is 24.4 Å². The van der Waals surface area contributed by atoms with Crippen molar-refractivity contribution in [1.29, 1.82) is 0 Å². The fourth-order valence-corrected chi connectivity index (χ4v) is 2.56. The molecule has 1 N–H and O–H groups in total. The summed E-state index contributed by atoms with van der Waals surface area (Å²) < 4.78 is 1.66. The summed E-state index contributed by atoms with van der Waals surface area (Å²) in [6, 6.07) is 0.0594. The highest BCUT2D eigenvalue weighted by atomic mass is 32.1. The number of nitro groups is 1. The van der Waals surface area contributed by atoms with E-state index in [9.17, 15) is 10.1 Å². The monoisotopic (exact) mass is 295 g/mol. The Bertz CT molecular complexity index is 591. The van der Waals surface area contributed by atoms with Gasteiger partial charge in [-0.15, -0.1) is 11.3 Å². The van der Waals surface area contributed by atoms with E-state index in [1.165, 1.54) is 0 Å². The highest BCUT2D eigenvalue weighted by molar-refractivity contribution is 7.07. The minimum Gasteiger partial charge on any atom is -0.364 e. The van der Waals surface area contributed by atoms with Crippen molar-refractivity contribution in [2.45, 2.75) is 33.2 Å². The number of thiazole rings is 1. The second-order valence-corrected chi connectivity index (χ2v) is 5.45. The Balaban J connectivity index is 2.18. The average Bonchev–Trinajstić information content (AvgIpc) is 2.97. The highest BCUT2D eigenvalue weighted by Gasteiger charge is 2.26. The third-order valence-corrected chi connectivity index (χ3v) is 3.52. The molecule has 0 radical (unpaired) electrons. The molecule has 2 rings (SSSR count). The molecule has 0 saturated heterocycles. The van der Waals surface area contributed by atoms with Gasteiger partial charge in [-0.05, 0) is 20.8 Å². The van der Waals surface area contributed by atoms with Crippen LogP contribution in [0.2, 0.25) is 0 Å². The first-order valence-corrected chi connectivity index (χ1v) is 7.29. The number of nitrogens with zero attached hydrogens (tertiary/aromatic N) is 4. The predicted molar refractivity (Wildman–Crippen MR) is 78.3 cm³/mol. The van der Waals surface area contributed by atoms with Crippen LogP contribution in [0.25, 0.3) is 0 Å². The summed E-state index contributed by atoms with van der Waals surface area (Å²) in [6.45, 7) is 6.13. The molecule has 7 nitrogen and oxygen atoms in total. The van der Waals surface area contributed by atoms with Gasteiger partial charge >= 0.3 is 5.69 Å². The van der Waals surface area contributed by atoms with Gasteiger partial charge in [-0.3, -0.25) is 10.1 Å². The van der Waals surface area contributed by atoms with E-state index in [1.807, 2.05) is 19.2 Å². The van der Waals surface area contributed by atoms with Gasteiger partial charge in [-0.2, -0.15) is 5.10 Å². The lowest BCUT2D eigenvalue weighted by atomic mass is 10.3. The summed E-state index contributed by atoms with van der Waals surface area (Å²) in [7, 11) is 0. The van der Waals surface area contributed by atoms with E-state index in [2.05, 4.69) is 15.4 Å². The highest BCUT2D eigenvalue weighted by Crippen LogP contribution is 2.30. The van der Waals surface area contributed by atoms with Crippen LogP contribution in [0.4, 0.5) is 11.5 Å². The summed E-state index contributed by atoms with van der Waals surface area (Å²) in [5, 5.41) is 20.5. The van der Waals surface area contributed by atoms with Gasteiger partial charge in [0.1, 0.15) is 5.69 Å². The van der Waals surface area contributed by atoms with Crippen molar-refractivity contribution < 1.29 is 4.92 Å². The summed E-state index contributed by atoms with van der Waals surface area (Å²) in [5.41, 5.74) is 3.25. The topological polar surface area (TPSA) is 85.9 Å². The number of aryl methyl sites for hydroxylation is 1. The zero-order chi connectivity index (χ0) is 14.7. The van der Waals surface area contributed by atoms with Crippen LogP contribution in [0.5, 0.6) is 0 Å². The maximum atomic E-state index is 11.2. The van der Waals surface area contributed by atoms with E-state index < -0.39 is 0 Å². The Morgan fingerprint density at radius 3 is 2.85 bits per heavy atom. The fraction of sp³-hybridized carbons (Fsp3) is 0.500. The minimum absolute atomic E-state index is 0.0528. The lowest BCUT2D eigenvalue weighted by Gasteiger charge is -2.11. The smallest absolute Gasteiger partial charge is 0.333 e. The minimum atomic E-state index is -0.383. The second-order valence-electron chi connectivity index (χ2n) is 4.73. The molecule has 2 aromatic heterocycles. The molecule has 0 amide bonds. The molecule has 20 heavy (non-hydrogen) atoms. The van der Waals surface area contributed by atoms with Crippen LogP contribution in [-0.4, -0.2) is 26.2 Å². The summed E-state index contributed by atoms with van der Waals surface area (Å²) in [5.74, 6) is 0.470. The molecule has 0 aliphatic carbocycles. The normalized spacial score (nSPS) is 11.0. The van der Waals surface area contributed by atoms with Gasteiger partial charge in [0.05, 0.1) is 16.1 Å². The van der Waals surface area contributed by atoms with Gasteiger partial charge in [0.2, 0.25) is 5.82 Å². The molecular formula is C12H17N5O2S. The zero-order valence-corrected chi connectivity index (χ0v) is 12.5. The van der Waals surface area contributed by atoms with Crippen molar-refractivity contribution in [2.24, 2.45) is 0 Å². The molecule has 0 aliphatic heterocycles. The Morgan fingerprint density at radius 2 is 2.30 bits per heavy atom. The molecule has 2 aromatic rings. The zero-order valence-electron chi connectivity index (χ0n) is 11.7. The van der Waals surface area contributed by atoms with Gasteiger partial charge in [0.15, 0.2) is 0 Å². The van der Waals surface area contributed by atoms with Crippen LogP contribution in [-0.2, 0) is 6.42 Å². The first-order valence-electron chi connectivity index (χ1n) is 6.35. The summed E-state index contributed by atoms with van der Waals surface area (Å²) >= 11 is 1.54. The van der Waals surface area contributed by atoms with Gasteiger partial charge in [-0.25, -0.2) is 9.67 Å². The number of hydrogen-bond acceptors (Lipinski definition) is 6. The number of nitrogens with one attached hydrogen (secondary N) is 1. The molecule has 0 saturated carbocycles. The maximum Gasteiger partial charge on any atom is 0.333 e. The van der Waals surface area contributed by atoms with Crippen molar-refractivity contribution in [3.8, 4) is 0 Å². The van der Waals surface area contributed by atoms with E-state index in [-0.39, 0.29) is 16.7 Å². The van der Waals surface area contributed by atoms with E-state index in [4.69, 9.17) is 0 Å². The SMILES string of the molecule is Cc1nn(C(C)C)c(NCCc2cscn2)c1[N+](=O)[O-]. The predicted octanol–water partition coefficient (Wildman–Crippen LogP) is 2.79. The molecule has 0 aromatic carbocycles. The number of aromatic nitrogens is 3. The van der Waals surface area contributed by atoms with Crippen LogP contribution >= 0.6 is 11.3 Å². The van der Waals surface area contributed by atoms with Crippen molar-refractivity contribution in [1.82, 2.24) is 14.8 Å². The van der Waals surface area contributed by atoms with Crippen LogP contribution in [0.15, 0.2) is 10.9 Å². The standard InChI is InChI=1S/C12H17N5O2S/c1-8(2)16-12(11(17(18)19)9(3)15-16)13-5-4-10-6-20-7-14-10/h6-8,13H,4-5H2,1-3H3. The van der Waals surface area contributed by atoms with E-state index >= 15 is 0 Å². The Labute approximate surface area is 120 Å². The Hall–Kier alpha value is -1.96. The third kappa shape index (κ3) is 2.96. The molecule has 0 bridgehead atoms. The largest absolute Gasteiger partial charge is 0.364 e. The van der Waals surface area contributed by atoms with Gasteiger partial charge < -0.3 is 5.32 Å². The Kier molecular flexibility index (Phi) is 4.33. The molecule has 0 atom stereocenters. The van der Waals surface area contributed by atoms with Gasteiger partial charge in [0.25, 0.3) is 0 Å². The molecule has 8 heteroatoms. The molecule has 0 unspecified atom stereocenters. The maximum absolute atomic E-state index is 11.2. The van der Waals surface area contributed by atoms with Crippen molar-refractivity contribution >= 4 is 22.8 Å². The van der Waals surface area contributed by atoms with E-state index in [0.717, 1.165) is 12.1 Å². The molecule has 0 fully saturated rings. The van der Waals surface area contributed by atoms with Crippen LogP contribution < -0.4 is 5.32 Å². The van der Waals surface area contributed by atoms with Crippen LogP contribution in [0.1, 0.15) is 31.3 Å². The quantitative estimate of drug-likeness (QED) is 0.654. The first-order chi connectivity index (χ1) is 9.50. The lowest BCUT2D eigenvalue weighted by molar-refractivity contribution is -0.384. The van der Waals surface area contributed by atoms with E-state index in [1.54, 1.807) is 28.5 Å². The Morgan fingerprint density at radius 1 is 1.55 bits per heavy atom. The van der Waals surface area contributed by atoms with Gasteiger partial charge in [-0.1, -0.05) is 0 Å². The summed E-state index contributed by atoms with van der Waals surface area (Å²) in [4.78, 5) is 15.0. The molecule has 0 aliphatic rings. The lowest BCUT2D eigenvalue weighted by Crippen LogP contribution is -2.13. The van der Waals surface area contributed by atoms with Crippen LogP contribution in [0, 0.1) is 17.0 Å². The number of rotatable bonds is 6. The molecule has 2 heterocycles. The molecule has 108 valence electrons. The average molecular weight is 295 g/mol. The van der Waals surface area contributed by atoms with Crippen molar-refractivity contribution in [3.05, 3.63) is 32.4 Å². The summed E-state index contributed by atoms with van der Waals surface area (Å²) in [6.07, 6.45) is 0.725. The second kappa shape index (κ2) is 6.00. The van der Waals surface area contributed by atoms with Crippen LogP contribution in [0.3, 0.4) is 0 Å².